The average molecular weight is 1070 g/mol. The highest BCUT2D eigenvalue weighted by Gasteiger charge is 2.22. The fourth-order valence-corrected chi connectivity index (χ4v) is 7.47. The smallest absolute Gasteiger partial charge is 0.306 e. The second-order valence-electron chi connectivity index (χ2n) is 20.5. The van der Waals surface area contributed by atoms with Gasteiger partial charge in [0.25, 0.3) is 0 Å². The SMILES string of the molecule is CC/C=C\C/C=C\C/C=C\C/C=C\C/C=C\C/C=C\C/C=C\C/C=C\C/C=C\C/C=C\C/C=C\CCCCCCCC(=O)OC(COC(=O)CCCCCCC/C=C\CCCCCC)COC(OCC[N+](C)(C)C)C(=O)[O-]. The van der Waals surface area contributed by atoms with E-state index in [0.717, 1.165) is 141 Å². The van der Waals surface area contributed by atoms with Gasteiger partial charge in [0, 0.05) is 12.8 Å². The van der Waals surface area contributed by atoms with Crippen LogP contribution in [0.15, 0.2) is 146 Å². The lowest BCUT2D eigenvalue weighted by atomic mass is 10.1. The van der Waals surface area contributed by atoms with Gasteiger partial charge in [-0.2, -0.15) is 0 Å². The van der Waals surface area contributed by atoms with E-state index < -0.39 is 24.3 Å². The number of hydrogen-bond acceptors (Lipinski definition) is 8. The Bertz CT molecular complexity index is 1770. The van der Waals surface area contributed by atoms with E-state index in [2.05, 4.69) is 160 Å². The molecule has 434 valence electrons. The van der Waals surface area contributed by atoms with Gasteiger partial charge in [-0.3, -0.25) is 9.59 Å². The molecule has 2 atom stereocenters. The standard InChI is InChI=1S/C68H109NO8/c1-6-8-10-12-14-16-18-20-21-22-23-24-25-26-27-28-29-30-31-32-33-34-35-36-37-38-39-40-41-42-43-44-45-47-49-51-53-55-57-59-66(71)77-64(63-76-68(67(72)73)74-61-60-69(3,4)5)62-75-65(70)58-56-54-52-50-48-46-19-17-15-13-11-9-7-2/h8,10,14,16-17,19-21,23-24,26-27,29-30,32-33,35-36,38-39,41-42,44-45,64,68H,6-7,9,11-13,15,18,22,25,28,31,34,37,40,43,46-63H2,1-5H3/b10-8-,16-14-,19-17-,21-20-,24-23-,27-26-,30-29-,33-32-,36-35-,39-38-,42-41-,45-44-. The molecule has 0 amide bonds. The zero-order valence-electron chi connectivity index (χ0n) is 49.3. The van der Waals surface area contributed by atoms with Crippen LogP contribution in [0.1, 0.15) is 206 Å². The molecule has 0 aromatic carbocycles. The molecule has 0 aliphatic rings. The number of rotatable bonds is 53. The molecule has 0 rings (SSSR count). The van der Waals surface area contributed by atoms with E-state index in [-0.39, 0.29) is 38.6 Å². The van der Waals surface area contributed by atoms with Gasteiger partial charge in [0.1, 0.15) is 13.2 Å². The Kier molecular flexibility index (Phi) is 53.8. The van der Waals surface area contributed by atoms with Crippen LogP contribution in [0.25, 0.3) is 0 Å². The molecule has 0 N–H and O–H groups in total. The summed E-state index contributed by atoms with van der Waals surface area (Å²) in [7, 11) is 5.90. The van der Waals surface area contributed by atoms with E-state index in [0.29, 0.717) is 17.4 Å². The first kappa shape index (κ1) is 72.2. The van der Waals surface area contributed by atoms with Gasteiger partial charge in [-0.1, -0.05) is 217 Å². The maximum Gasteiger partial charge on any atom is 0.306 e. The number of nitrogens with zero attached hydrogens (tertiary/aromatic N) is 1. The van der Waals surface area contributed by atoms with E-state index in [9.17, 15) is 19.5 Å². The highest BCUT2D eigenvalue weighted by atomic mass is 16.7. The third-order valence-corrected chi connectivity index (χ3v) is 12.1. The highest BCUT2D eigenvalue weighted by molar-refractivity contribution is 5.70. The van der Waals surface area contributed by atoms with Crippen molar-refractivity contribution in [3.8, 4) is 0 Å². The summed E-state index contributed by atoms with van der Waals surface area (Å²) in [6.45, 7) is 4.55. The van der Waals surface area contributed by atoms with Crippen molar-refractivity contribution >= 4 is 17.9 Å². The molecule has 0 heterocycles. The quantitative estimate of drug-likeness (QED) is 0.0195. The largest absolute Gasteiger partial charge is 0.545 e. The third kappa shape index (κ3) is 58.7. The summed E-state index contributed by atoms with van der Waals surface area (Å²) in [6, 6.07) is 0. The predicted octanol–water partition coefficient (Wildman–Crippen LogP) is 16.7. The fourth-order valence-electron chi connectivity index (χ4n) is 7.47. The third-order valence-electron chi connectivity index (χ3n) is 12.1. The number of unbranched alkanes of at least 4 members (excludes halogenated alkanes) is 14. The van der Waals surface area contributed by atoms with E-state index >= 15 is 0 Å². The van der Waals surface area contributed by atoms with Crippen LogP contribution in [0, 0.1) is 0 Å². The van der Waals surface area contributed by atoms with Gasteiger partial charge < -0.3 is 33.3 Å². The maximum atomic E-state index is 12.8. The number of aliphatic carboxylic acids is 1. The molecule has 0 aromatic rings. The number of carboxylic acids is 1. The Morgan fingerprint density at radius 1 is 0.403 bits per heavy atom. The molecule has 0 radical (unpaired) electrons. The number of likely N-dealkylation sites (N-methyl/N-ethyl adjacent to an activating group) is 1. The van der Waals surface area contributed by atoms with Crippen molar-refractivity contribution < 1.29 is 42.9 Å². The second-order valence-corrected chi connectivity index (χ2v) is 20.5. The molecule has 77 heavy (non-hydrogen) atoms. The topological polar surface area (TPSA) is 111 Å². The summed E-state index contributed by atoms with van der Waals surface area (Å²) in [4.78, 5) is 37.2. The van der Waals surface area contributed by atoms with Gasteiger partial charge in [-0.25, -0.2) is 0 Å². The highest BCUT2D eigenvalue weighted by Crippen LogP contribution is 2.13. The van der Waals surface area contributed by atoms with E-state index in [1.54, 1.807) is 0 Å². The van der Waals surface area contributed by atoms with Crippen LogP contribution in [-0.2, 0) is 33.3 Å². The summed E-state index contributed by atoms with van der Waals surface area (Å²) in [5.41, 5.74) is 0. The molecular formula is C68H109NO8. The van der Waals surface area contributed by atoms with Crippen molar-refractivity contribution in [3.63, 3.8) is 0 Å². The minimum atomic E-state index is -1.64. The molecule has 0 saturated carbocycles. The van der Waals surface area contributed by atoms with Crippen LogP contribution in [-0.4, -0.2) is 82.3 Å². The van der Waals surface area contributed by atoms with Crippen molar-refractivity contribution in [3.05, 3.63) is 146 Å². The minimum Gasteiger partial charge on any atom is -0.545 e. The number of carbonyl (C=O) groups excluding carboxylic acids is 3. The second kappa shape index (κ2) is 57.3. The molecule has 0 spiro atoms. The summed E-state index contributed by atoms with van der Waals surface area (Å²) in [6.07, 6.45) is 80.5. The number of hydrogen-bond donors (Lipinski definition) is 0. The first-order chi connectivity index (χ1) is 37.6. The van der Waals surface area contributed by atoms with Crippen molar-refractivity contribution in [2.24, 2.45) is 0 Å². The van der Waals surface area contributed by atoms with E-state index in [4.69, 9.17) is 18.9 Å². The zero-order valence-corrected chi connectivity index (χ0v) is 49.3. The summed E-state index contributed by atoms with van der Waals surface area (Å²) in [5.74, 6) is -2.34. The van der Waals surface area contributed by atoms with Crippen molar-refractivity contribution in [1.82, 2.24) is 0 Å². The number of allylic oxidation sites excluding steroid dienone is 24. The fraction of sp³-hybridized carbons (Fsp3) is 0.603. The lowest BCUT2D eigenvalue weighted by molar-refractivity contribution is -0.870. The zero-order chi connectivity index (χ0) is 56.2. The summed E-state index contributed by atoms with van der Waals surface area (Å²) in [5, 5.41) is 11.8. The van der Waals surface area contributed by atoms with Crippen LogP contribution in [0.4, 0.5) is 0 Å². The number of quaternary nitrogens is 1. The number of ether oxygens (including phenoxy) is 4. The molecule has 9 heteroatoms. The molecule has 9 nitrogen and oxygen atoms in total. The Morgan fingerprint density at radius 2 is 0.740 bits per heavy atom. The predicted molar refractivity (Wildman–Crippen MR) is 324 cm³/mol. The van der Waals surface area contributed by atoms with Crippen LogP contribution in [0.3, 0.4) is 0 Å². The Morgan fingerprint density at radius 3 is 1.12 bits per heavy atom. The van der Waals surface area contributed by atoms with Gasteiger partial charge in [0.05, 0.1) is 40.3 Å². The lowest BCUT2D eigenvalue weighted by Crippen LogP contribution is -2.44. The maximum absolute atomic E-state index is 12.8. The average Bonchev–Trinajstić information content (AvgIpc) is 3.40. The molecule has 0 aliphatic carbocycles. The van der Waals surface area contributed by atoms with E-state index in [1.807, 2.05) is 21.1 Å². The van der Waals surface area contributed by atoms with Gasteiger partial charge in [0.2, 0.25) is 0 Å². The first-order valence-corrected chi connectivity index (χ1v) is 30.0. The first-order valence-electron chi connectivity index (χ1n) is 30.0. The van der Waals surface area contributed by atoms with Crippen LogP contribution in [0.5, 0.6) is 0 Å². The molecule has 0 fully saturated rings. The number of carbonyl (C=O) groups is 3. The Labute approximate surface area is 471 Å². The summed E-state index contributed by atoms with van der Waals surface area (Å²) < 4.78 is 22.6. The van der Waals surface area contributed by atoms with Crippen LogP contribution in [0.2, 0.25) is 0 Å². The Hall–Kier alpha value is -4.83. The Balaban J connectivity index is 4.24. The van der Waals surface area contributed by atoms with Crippen molar-refractivity contribution in [2.75, 3.05) is 47.5 Å². The molecule has 0 bridgehead atoms. The van der Waals surface area contributed by atoms with Gasteiger partial charge >= 0.3 is 11.9 Å². The van der Waals surface area contributed by atoms with Crippen molar-refractivity contribution in [2.45, 2.75) is 219 Å². The minimum absolute atomic E-state index is 0.135. The molecule has 2 unspecified atom stereocenters. The van der Waals surface area contributed by atoms with Gasteiger partial charge in [0.15, 0.2) is 12.4 Å². The van der Waals surface area contributed by atoms with Crippen LogP contribution >= 0.6 is 0 Å². The monoisotopic (exact) mass is 1070 g/mol. The normalized spacial score (nSPS) is 13.8. The lowest BCUT2D eigenvalue weighted by Gasteiger charge is -2.26. The van der Waals surface area contributed by atoms with E-state index in [1.165, 1.54) is 32.1 Å². The van der Waals surface area contributed by atoms with Gasteiger partial charge in [-0.05, 0) is 122 Å². The summed E-state index contributed by atoms with van der Waals surface area (Å²) >= 11 is 0. The molecular weight excluding hydrogens is 959 g/mol. The van der Waals surface area contributed by atoms with Gasteiger partial charge in [-0.15, -0.1) is 0 Å². The van der Waals surface area contributed by atoms with Crippen molar-refractivity contribution in [1.29, 1.82) is 0 Å². The molecule has 0 saturated heterocycles. The number of carboxylic acid groups (broad SMARTS) is 1. The van der Waals surface area contributed by atoms with Crippen LogP contribution < -0.4 is 5.11 Å². The number of esters is 2. The molecule has 0 aliphatic heterocycles. The molecule has 0 aromatic heterocycles.